The molecule has 0 amide bonds. The van der Waals surface area contributed by atoms with Gasteiger partial charge in [-0.2, -0.15) is 0 Å². The first kappa shape index (κ1) is 17.1. The Hall–Kier alpha value is -2.21. The first-order valence-corrected chi connectivity index (χ1v) is 8.36. The predicted octanol–water partition coefficient (Wildman–Crippen LogP) is 3.49. The van der Waals surface area contributed by atoms with Crippen LogP contribution in [0.25, 0.3) is 0 Å². The van der Waals surface area contributed by atoms with Gasteiger partial charge in [-0.1, -0.05) is 43.4 Å². The highest BCUT2D eigenvalue weighted by Gasteiger charge is 2.18. The lowest BCUT2D eigenvalue weighted by molar-refractivity contribution is -0.132. The number of rotatable bonds is 4. The third-order valence-electron chi connectivity index (χ3n) is 3.31. The second-order valence-electron chi connectivity index (χ2n) is 5.01. The molecule has 0 atom stereocenters. The highest BCUT2D eigenvalue weighted by atomic mass is 32.1. The maximum absolute atomic E-state index is 12.1. The van der Waals surface area contributed by atoms with Crippen molar-refractivity contribution in [2.24, 2.45) is 4.99 Å². The van der Waals surface area contributed by atoms with Crippen molar-refractivity contribution >= 4 is 28.9 Å². The summed E-state index contributed by atoms with van der Waals surface area (Å²) in [5.41, 5.74) is 1.92. The molecule has 1 aromatic heterocycles. The number of para-hydroxylation sites is 1. The number of carbonyl (C=O) groups excluding carboxylic acids is 2. The molecule has 0 aliphatic rings. The van der Waals surface area contributed by atoms with E-state index in [2.05, 4.69) is 11.9 Å². The lowest BCUT2D eigenvalue weighted by Crippen LogP contribution is -2.22. The summed E-state index contributed by atoms with van der Waals surface area (Å²) < 4.78 is 6.63. The quantitative estimate of drug-likeness (QED) is 0.805. The number of aromatic nitrogens is 1. The Balaban J connectivity index is 2.71. The molecule has 0 aliphatic heterocycles. The molecular formula is C17H20N2O3S. The first-order valence-electron chi connectivity index (χ1n) is 7.54. The molecule has 0 saturated heterocycles. The summed E-state index contributed by atoms with van der Waals surface area (Å²) in [5, 5.41) is 0. The van der Waals surface area contributed by atoms with Gasteiger partial charge in [-0.25, -0.2) is 9.56 Å². The van der Waals surface area contributed by atoms with Gasteiger partial charge in [0, 0.05) is 13.8 Å². The smallest absolute Gasteiger partial charge is 0.309 e. The number of carbonyl (C=O) groups is 2. The van der Waals surface area contributed by atoms with E-state index in [1.165, 1.54) is 29.8 Å². The van der Waals surface area contributed by atoms with Crippen molar-refractivity contribution in [2.45, 2.75) is 40.5 Å². The van der Waals surface area contributed by atoms with Crippen LogP contribution < -0.4 is 9.54 Å². The van der Waals surface area contributed by atoms with Crippen molar-refractivity contribution in [3.63, 3.8) is 0 Å². The molecule has 0 unspecified atom stereocenters. The fourth-order valence-corrected chi connectivity index (χ4v) is 3.28. The zero-order valence-corrected chi connectivity index (χ0v) is 14.6. The van der Waals surface area contributed by atoms with E-state index in [9.17, 15) is 9.59 Å². The molecular weight excluding hydrogens is 312 g/mol. The number of hydrogen-bond acceptors (Lipinski definition) is 5. The van der Waals surface area contributed by atoms with Crippen molar-refractivity contribution in [1.82, 2.24) is 4.57 Å². The molecule has 0 fully saturated rings. The molecule has 0 saturated carbocycles. The first-order chi connectivity index (χ1) is 11.0. The van der Waals surface area contributed by atoms with Crippen LogP contribution in [0.2, 0.25) is 0 Å². The van der Waals surface area contributed by atoms with Crippen LogP contribution in [0.1, 0.15) is 42.9 Å². The Morgan fingerprint density at radius 1 is 1.17 bits per heavy atom. The Labute approximate surface area is 139 Å². The number of hydrogen-bond donors (Lipinski definition) is 0. The van der Waals surface area contributed by atoms with Gasteiger partial charge in [0.05, 0.1) is 10.6 Å². The van der Waals surface area contributed by atoms with E-state index < -0.39 is 5.97 Å². The van der Waals surface area contributed by atoms with Gasteiger partial charge in [-0.05, 0) is 24.5 Å². The largest absolute Gasteiger partial charge is 0.408 e. The number of ether oxygens (including phenoxy) is 1. The van der Waals surface area contributed by atoms with Crippen LogP contribution in [0.15, 0.2) is 29.3 Å². The van der Waals surface area contributed by atoms with Gasteiger partial charge in [0.1, 0.15) is 0 Å². The molecule has 2 rings (SSSR count). The summed E-state index contributed by atoms with van der Waals surface area (Å²) in [4.78, 5) is 29.4. The summed E-state index contributed by atoms with van der Waals surface area (Å²) in [6.45, 7) is 6.77. The molecule has 1 aromatic carbocycles. The van der Waals surface area contributed by atoms with Crippen molar-refractivity contribution in [3.05, 3.63) is 39.5 Å². The predicted molar refractivity (Wildman–Crippen MR) is 90.3 cm³/mol. The van der Waals surface area contributed by atoms with Gasteiger partial charge in [0.25, 0.3) is 0 Å². The highest BCUT2D eigenvalue weighted by Crippen LogP contribution is 2.24. The fourth-order valence-electron chi connectivity index (χ4n) is 2.25. The van der Waals surface area contributed by atoms with Crippen LogP contribution in [0.5, 0.6) is 5.88 Å². The zero-order chi connectivity index (χ0) is 17.0. The normalized spacial score (nSPS) is 11.6. The Bertz CT molecular complexity index is 802. The van der Waals surface area contributed by atoms with Crippen molar-refractivity contribution < 1.29 is 14.3 Å². The minimum atomic E-state index is -0.451. The van der Waals surface area contributed by atoms with Gasteiger partial charge in [-0.15, -0.1) is 0 Å². The lowest BCUT2D eigenvalue weighted by atomic mass is 10.1. The Morgan fingerprint density at radius 3 is 2.43 bits per heavy atom. The van der Waals surface area contributed by atoms with E-state index in [0.717, 1.165) is 22.5 Å². The molecule has 23 heavy (non-hydrogen) atoms. The van der Waals surface area contributed by atoms with E-state index in [1.807, 2.05) is 31.2 Å². The molecule has 0 radical (unpaired) electrons. The monoisotopic (exact) mass is 332 g/mol. The molecule has 122 valence electrons. The van der Waals surface area contributed by atoms with E-state index in [1.54, 1.807) is 0 Å². The second-order valence-corrected chi connectivity index (χ2v) is 6.07. The van der Waals surface area contributed by atoms with Crippen molar-refractivity contribution in [2.75, 3.05) is 0 Å². The van der Waals surface area contributed by atoms with Crippen molar-refractivity contribution in [3.8, 4) is 5.88 Å². The summed E-state index contributed by atoms with van der Waals surface area (Å²) in [6, 6.07) is 7.81. The van der Waals surface area contributed by atoms with Crippen LogP contribution in [0.3, 0.4) is 0 Å². The molecule has 0 spiro atoms. The van der Waals surface area contributed by atoms with E-state index >= 15 is 0 Å². The minimum absolute atomic E-state index is 0.232. The van der Waals surface area contributed by atoms with E-state index in [-0.39, 0.29) is 11.8 Å². The average Bonchev–Trinajstić information content (AvgIpc) is 2.84. The molecule has 5 nitrogen and oxygen atoms in total. The third kappa shape index (κ3) is 3.76. The van der Waals surface area contributed by atoms with Crippen molar-refractivity contribution in [1.29, 1.82) is 0 Å². The maximum Gasteiger partial charge on any atom is 0.309 e. The van der Waals surface area contributed by atoms with Crippen LogP contribution >= 0.6 is 11.3 Å². The highest BCUT2D eigenvalue weighted by molar-refractivity contribution is 7.09. The van der Waals surface area contributed by atoms with Gasteiger partial charge in [0.15, 0.2) is 4.80 Å². The van der Waals surface area contributed by atoms with Crippen LogP contribution in [-0.2, 0) is 17.6 Å². The maximum atomic E-state index is 12.1. The molecule has 2 aromatic rings. The molecule has 0 bridgehead atoms. The fraction of sp³-hybridized carbons (Fsp3) is 0.353. The summed E-state index contributed by atoms with van der Waals surface area (Å²) in [6.07, 6.45) is 1.51. The number of benzene rings is 1. The van der Waals surface area contributed by atoms with Gasteiger partial charge < -0.3 is 4.74 Å². The van der Waals surface area contributed by atoms with Gasteiger partial charge in [-0.3, -0.25) is 9.59 Å². The molecule has 6 heteroatoms. The van der Waals surface area contributed by atoms with Crippen LogP contribution in [-0.4, -0.2) is 16.4 Å². The second kappa shape index (κ2) is 7.37. The lowest BCUT2D eigenvalue weighted by Gasteiger charge is -2.06. The van der Waals surface area contributed by atoms with Gasteiger partial charge in [0.2, 0.25) is 11.8 Å². The van der Waals surface area contributed by atoms with E-state index in [4.69, 9.17) is 4.74 Å². The van der Waals surface area contributed by atoms with Crippen LogP contribution in [0, 0.1) is 0 Å². The Morgan fingerprint density at radius 2 is 1.87 bits per heavy atom. The van der Waals surface area contributed by atoms with Crippen LogP contribution in [0.4, 0.5) is 5.69 Å². The molecule has 1 heterocycles. The van der Waals surface area contributed by atoms with Gasteiger partial charge >= 0.3 is 5.97 Å². The number of thiazole rings is 1. The SMILES string of the molecule is CCc1ccccc1N=c1sc(CC)c(OC(C)=O)n1C(C)=O. The zero-order valence-electron chi connectivity index (χ0n) is 13.8. The summed E-state index contributed by atoms with van der Waals surface area (Å²) >= 11 is 1.37. The topological polar surface area (TPSA) is 60.7 Å². The summed E-state index contributed by atoms with van der Waals surface area (Å²) in [7, 11) is 0. The minimum Gasteiger partial charge on any atom is -0.408 e. The number of aryl methyl sites for hydroxylation is 2. The number of nitrogens with zero attached hydrogens (tertiary/aromatic N) is 2. The number of esters is 1. The third-order valence-corrected chi connectivity index (χ3v) is 4.48. The van der Waals surface area contributed by atoms with E-state index in [0.29, 0.717) is 11.2 Å². The summed E-state index contributed by atoms with van der Waals surface area (Å²) in [5.74, 6) is -0.400. The molecule has 0 N–H and O–H groups in total. The standard InChI is InChI=1S/C17H20N2O3S/c1-5-13-9-7-8-10-14(13)18-17-19(11(3)20)16(22-12(4)21)15(6-2)23-17/h7-10H,5-6H2,1-4H3. The molecule has 0 aliphatic carbocycles. The Kier molecular flexibility index (Phi) is 5.50. The average molecular weight is 332 g/mol.